The average Bonchev–Trinajstić information content (AvgIpc) is 2.14. The summed E-state index contributed by atoms with van der Waals surface area (Å²) in [5, 5.41) is 9.34. The summed E-state index contributed by atoms with van der Waals surface area (Å²) in [5.41, 5.74) is -3.65. The molecular weight excluding hydrogens is 204 g/mol. The van der Waals surface area contributed by atoms with Gasteiger partial charge in [-0.15, -0.1) is 6.42 Å². The van der Waals surface area contributed by atoms with Crippen LogP contribution in [0, 0.1) is 12.3 Å². The second-order valence-electron chi connectivity index (χ2n) is 2.98. The Labute approximate surface area is 86.3 Å². The van der Waals surface area contributed by atoms with Gasteiger partial charge in [0.15, 0.2) is 0 Å². The first-order valence-corrected chi connectivity index (χ1v) is 3.94. The van der Waals surface area contributed by atoms with Crippen LogP contribution in [-0.2, 0) is 5.60 Å². The summed E-state index contributed by atoms with van der Waals surface area (Å²) in [6.07, 6.45) is -0.221. The fourth-order valence-corrected chi connectivity index (χ4v) is 1.09. The largest absolute Gasteiger partial charge is 0.433 e. The molecule has 0 amide bonds. The van der Waals surface area contributed by atoms with Crippen molar-refractivity contribution in [3.05, 3.63) is 29.8 Å². The Bertz CT molecular complexity index is 408. The van der Waals surface area contributed by atoms with Crippen LogP contribution >= 0.6 is 0 Å². The maximum atomic E-state index is 12.5. The highest BCUT2D eigenvalue weighted by Crippen LogP contribution is 2.37. The molecule has 0 fully saturated rings. The van der Waals surface area contributed by atoms with E-state index in [2.05, 4.69) is 0 Å². The lowest BCUT2D eigenvalue weighted by atomic mass is 9.87. The van der Waals surface area contributed by atoms with Gasteiger partial charge in [0.05, 0.1) is 0 Å². The van der Waals surface area contributed by atoms with Gasteiger partial charge in [0.2, 0.25) is 5.60 Å². The molecule has 0 aliphatic carbocycles. The van der Waals surface area contributed by atoms with Gasteiger partial charge in [0, 0.05) is 5.56 Å². The highest BCUT2D eigenvalue weighted by molar-refractivity contribution is 6.32. The highest BCUT2D eigenvalue weighted by Gasteiger charge is 2.54. The fraction of sp³-hybridized carbons (Fsp3) is 0.200. The summed E-state index contributed by atoms with van der Waals surface area (Å²) < 4.78 is 37.5. The van der Waals surface area contributed by atoms with E-state index in [-0.39, 0.29) is 5.46 Å². The molecule has 1 rings (SSSR count). The first-order chi connectivity index (χ1) is 6.81. The molecule has 1 unspecified atom stereocenters. The Balaban J connectivity index is 3.32. The third-order valence-corrected chi connectivity index (χ3v) is 1.92. The van der Waals surface area contributed by atoms with Gasteiger partial charge in [-0.1, -0.05) is 35.6 Å². The summed E-state index contributed by atoms with van der Waals surface area (Å²) in [6.45, 7) is 0. The van der Waals surface area contributed by atoms with Crippen LogP contribution < -0.4 is 5.46 Å². The Kier molecular flexibility index (Phi) is 2.82. The number of benzene rings is 1. The van der Waals surface area contributed by atoms with Gasteiger partial charge in [0.1, 0.15) is 7.85 Å². The van der Waals surface area contributed by atoms with Crippen molar-refractivity contribution >= 4 is 13.3 Å². The van der Waals surface area contributed by atoms with E-state index in [4.69, 9.17) is 14.3 Å². The Hall–Kier alpha value is -1.41. The number of alkyl halides is 3. The number of aliphatic hydroxyl groups is 1. The second-order valence-corrected chi connectivity index (χ2v) is 2.98. The van der Waals surface area contributed by atoms with Gasteiger partial charge in [-0.2, -0.15) is 13.2 Å². The summed E-state index contributed by atoms with van der Waals surface area (Å²) >= 11 is 0. The van der Waals surface area contributed by atoms with Crippen molar-refractivity contribution in [2.24, 2.45) is 0 Å². The molecule has 76 valence electrons. The average molecular weight is 210 g/mol. The van der Waals surface area contributed by atoms with Crippen LogP contribution in [0.5, 0.6) is 0 Å². The molecule has 1 nitrogen and oxygen atoms in total. The molecule has 2 radical (unpaired) electrons. The number of hydrogen-bond acceptors (Lipinski definition) is 1. The molecule has 0 spiro atoms. The van der Waals surface area contributed by atoms with Gasteiger partial charge in [-0.25, -0.2) is 0 Å². The summed E-state index contributed by atoms with van der Waals surface area (Å²) in [5.74, 6) is 1.34. The predicted octanol–water partition coefficient (Wildman–Crippen LogP) is 0.864. The van der Waals surface area contributed by atoms with Crippen molar-refractivity contribution < 1.29 is 18.3 Å². The minimum atomic E-state index is -4.93. The van der Waals surface area contributed by atoms with Crippen LogP contribution in [0.15, 0.2) is 24.3 Å². The van der Waals surface area contributed by atoms with Gasteiger partial charge >= 0.3 is 6.18 Å². The van der Waals surface area contributed by atoms with E-state index in [1.807, 2.05) is 0 Å². The van der Waals surface area contributed by atoms with Crippen molar-refractivity contribution in [2.45, 2.75) is 11.8 Å². The zero-order valence-electron chi connectivity index (χ0n) is 7.55. The summed E-state index contributed by atoms with van der Waals surface area (Å²) in [4.78, 5) is 0. The SMILES string of the molecule is [B]c1cccc(C(O)(C#C)C(F)(F)F)c1. The van der Waals surface area contributed by atoms with E-state index in [1.165, 1.54) is 18.1 Å². The molecule has 0 heterocycles. The summed E-state index contributed by atoms with van der Waals surface area (Å²) in [6, 6.07) is 4.76. The van der Waals surface area contributed by atoms with Crippen LogP contribution in [0.3, 0.4) is 0 Å². The van der Waals surface area contributed by atoms with Crippen molar-refractivity contribution in [1.82, 2.24) is 0 Å². The molecule has 0 saturated heterocycles. The molecule has 1 aromatic carbocycles. The van der Waals surface area contributed by atoms with E-state index in [0.29, 0.717) is 0 Å². The smallest absolute Gasteiger partial charge is 0.366 e. The van der Waals surface area contributed by atoms with E-state index < -0.39 is 17.3 Å². The van der Waals surface area contributed by atoms with Crippen molar-refractivity contribution in [1.29, 1.82) is 0 Å². The molecule has 0 aliphatic heterocycles. The maximum absolute atomic E-state index is 12.5. The normalized spacial score (nSPS) is 15.4. The van der Waals surface area contributed by atoms with Gasteiger partial charge < -0.3 is 5.11 Å². The molecule has 0 saturated carbocycles. The number of hydrogen-bond donors (Lipinski definition) is 1. The van der Waals surface area contributed by atoms with Crippen LogP contribution in [0.2, 0.25) is 0 Å². The van der Waals surface area contributed by atoms with Crippen LogP contribution in [-0.4, -0.2) is 19.1 Å². The second kappa shape index (κ2) is 3.63. The molecule has 5 heteroatoms. The molecule has 0 bridgehead atoms. The minimum absolute atomic E-state index is 0.102. The monoisotopic (exact) mass is 210 g/mol. The Morgan fingerprint density at radius 3 is 2.33 bits per heavy atom. The third kappa shape index (κ3) is 2.00. The quantitative estimate of drug-likeness (QED) is 0.538. The van der Waals surface area contributed by atoms with Crippen LogP contribution in [0.4, 0.5) is 13.2 Å². The van der Waals surface area contributed by atoms with Crippen molar-refractivity contribution in [3.8, 4) is 12.3 Å². The van der Waals surface area contributed by atoms with Crippen LogP contribution in [0.25, 0.3) is 0 Å². The number of terminal acetylenes is 1. The third-order valence-electron chi connectivity index (χ3n) is 1.92. The first-order valence-electron chi connectivity index (χ1n) is 3.94. The van der Waals surface area contributed by atoms with Gasteiger partial charge in [-0.05, 0) is 0 Å². The molecule has 1 N–H and O–H groups in total. The molecule has 15 heavy (non-hydrogen) atoms. The molecular formula is C10H6BF3O. The minimum Gasteiger partial charge on any atom is -0.366 e. The zero-order valence-corrected chi connectivity index (χ0v) is 7.55. The lowest BCUT2D eigenvalue weighted by Gasteiger charge is -2.25. The van der Waals surface area contributed by atoms with E-state index in [1.54, 1.807) is 0 Å². The van der Waals surface area contributed by atoms with E-state index >= 15 is 0 Å². The van der Waals surface area contributed by atoms with Crippen molar-refractivity contribution in [2.75, 3.05) is 0 Å². The molecule has 1 aromatic rings. The van der Waals surface area contributed by atoms with Crippen LogP contribution in [0.1, 0.15) is 5.56 Å². The fourth-order valence-electron chi connectivity index (χ4n) is 1.09. The van der Waals surface area contributed by atoms with E-state index in [0.717, 1.165) is 12.1 Å². The maximum Gasteiger partial charge on any atom is 0.433 e. The zero-order chi connectivity index (χ0) is 11.7. The lowest BCUT2D eigenvalue weighted by molar-refractivity contribution is -0.240. The Morgan fingerprint density at radius 1 is 1.33 bits per heavy atom. The number of rotatable bonds is 1. The van der Waals surface area contributed by atoms with Gasteiger partial charge in [-0.3, -0.25) is 0 Å². The first kappa shape index (κ1) is 11.7. The Morgan fingerprint density at radius 2 is 1.93 bits per heavy atom. The summed E-state index contributed by atoms with van der Waals surface area (Å²) in [7, 11) is 5.31. The molecule has 0 aliphatic rings. The van der Waals surface area contributed by atoms with E-state index in [9.17, 15) is 18.3 Å². The van der Waals surface area contributed by atoms with Gasteiger partial charge in [0.25, 0.3) is 0 Å². The standard InChI is InChI=1S/C10H6BF3O/c1-2-9(15,10(12,13)14)7-4-3-5-8(11)6-7/h1,3-6,15H. The highest BCUT2D eigenvalue weighted by atomic mass is 19.4. The number of halogens is 3. The van der Waals surface area contributed by atoms with Crippen molar-refractivity contribution in [3.63, 3.8) is 0 Å². The molecule has 1 atom stereocenters. The molecule has 0 aromatic heterocycles. The lowest BCUT2D eigenvalue weighted by Crippen LogP contribution is -2.41. The predicted molar refractivity (Wildman–Crippen MR) is 50.6 cm³/mol. The topological polar surface area (TPSA) is 20.2 Å².